The number of hydrogen-bond donors (Lipinski definition) is 3. The van der Waals surface area contributed by atoms with E-state index in [1.165, 1.54) is 61.9 Å². The molecule has 3 N–H and O–H groups in total. The van der Waals surface area contributed by atoms with Gasteiger partial charge in [-0.3, -0.25) is 4.79 Å². The summed E-state index contributed by atoms with van der Waals surface area (Å²) in [4.78, 5) is 19.8. The van der Waals surface area contributed by atoms with Crippen molar-refractivity contribution in [2.75, 3.05) is 90.6 Å². The van der Waals surface area contributed by atoms with Gasteiger partial charge in [-0.2, -0.15) is 8.87 Å². The number of aliphatic carboxylic acids is 1. The van der Waals surface area contributed by atoms with Crippen LogP contribution in [-0.4, -0.2) is 130 Å². The zero-order valence-corrected chi connectivity index (χ0v) is 56.6. The minimum atomic E-state index is -4.31. The topological polar surface area (TPSA) is 192 Å². The van der Waals surface area contributed by atoms with Crippen molar-refractivity contribution >= 4 is 110 Å². The first-order valence-corrected chi connectivity index (χ1v) is 36.6. The number of anilines is 2. The number of carboxylic acids is 1. The summed E-state index contributed by atoms with van der Waals surface area (Å²) in [5.41, 5.74) is 9.72. The number of fused-ring (bicyclic) bond motifs is 4. The number of thioether (sulfide) groups is 1. The smallest absolute Gasteiger partial charge is 0.374 e. The molecule has 474 valence electrons. The van der Waals surface area contributed by atoms with Gasteiger partial charge in [-0.15, -0.1) is 4.57 Å². The van der Waals surface area contributed by atoms with Crippen LogP contribution in [0, 0.1) is 6.92 Å². The summed E-state index contributed by atoms with van der Waals surface area (Å²) < 4.78 is 94.0. The zero-order valence-electron chi connectivity index (χ0n) is 52.5. The molecule has 0 spiro atoms. The van der Waals surface area contributed by atoms with Gasteiger partial charge in [0.2, 0.25) is 36.8 Å². The van der Waals surface area contributed by atoms with E-state index in [0.717, 1.165) is 111 Å². The molecule has 10 rings (SSSR count). The number of likely N-dealkylation sites (N-methyl/N-ethyl adjacent to an activating group) is 2. The average Bonchev–Trinajstić information content (AvgIpc) is 1.82. The van der Waals surface area contributed by atoms with Crippen LogP contribution in [-0.2, 0) is 46.9 Å². The number of thiazole rings is 1. The minimum absolute atomic E-state index is 0.164. The van der Waals surface area contributed by atoms with Crippen molar-refractivity contribution < 1.29 is 58.6 Å². The van der Waals surface area contributed by atoms with Crippen molar-refractivity contribution in [1.82, 2.24) is 8.61 Å². The number of pyridine rings is 1. The van der Waals surface area contributed by atoms with Gasteiger partial charge in [-0.05, 0) is 99.2 Å². The van der Waals surface area contributed by atoms with Crippen LogP contribution in [0.3, 0.4) is 0 Å². The molecule has 17 nitrogen and oxygen atoms in total. The third-order valence-corrected chi connectivity index (χ3v) is 23.6. The number of carboxylic acid groups (broad SMARTS) is 1. The Morgan fingerprint density at radius 1 is 0.787 bits per heavy atom. The van der Waals surface area contributed by atoms with Crippen LogP contribution in [0.2, 0.25) is 0 Å². The SMILES string of the molecule is CN1C(=Cc2cc([NH+](C)CC[NH+](C)C)[n+](-c3ccccc3)c3ccccc23)Sc2cc(S(=O)(=O)N3CCCCC3)ccc21.Cc1ccc2c(c1)C(C)(C)/C(=C\C=C\c1sc3cc(S(=O)(=O)N(C)C)ccc3[n+]1CCCCS(=O)(=O)[O-])N2CCCCCC(=O)O. The largest absolute Gasteiger partial charge is 0.748 e. The third kappa shape index (κ3) is 15.5. The molecule has 1 fully saturated rings. The lowest BCUT2D eigenvalue weighted by Gasteiger charge is -2.27. The molecule has 1 saturated heterocycles. The van der Waals surface area contributed by atoms with Crippen LogP contribution in [0.15, 0.2) is 153 Å². The number of allylic oxidation sites excluding steroid dienone is 3. The monoisotopic (exact) mass is 1310 g/mol. The molecule has 0 radical (unpaired) electrons. The van der Waals surface area contributed by atoms with Gasteiger partial charge in [0, 0.05) is 117 Å². The second-order valence-electron chi connectivity index (χ2n) is 24.3. The lowest BCUT2D eigenvalue weighted by Crippen LogP contribution is -3.14. The van der Waals surface area contributed by atoms with Gasteiger partial charge in [0.1, 0.15) is 17.8 Å². The summed E-state index contributed by atoms with van der Waals surface area (Å²) in [6.07, 6.45) is 14.5. The molecule has 5 aromatic carbocycles. The van der Waals surface area contributed by atoms with Gasteiger partial charge < -0.3 is 24.4 Å². The number of para-hydroxylation sites is 2. The second kappa shape index (κ2) is 28.5. The number of unbranched alkanes of at least 4 members (excludes halogenated alkanes) is 3. The first kappa shape index (κ1) is 67.1. The zero-order chi connectivity index (χ0) is 64.0. The lowest BCUT2D eigenvalue weighted by molar-refractivity contribution is -0.919. The fourth-order valence-corrected chi connectivity index (χ4v) is 17.3. The highest BCUT2D eigenvalue weighted by molar-refractivity contribution is 8.04. The van der Waals surface area contributed by atoms with Crippen LogP contribution >= 0.6 is 23.1 Å². The molecular weight excluding hydrogens is 1220 g/mol. The van der Waals surface area contributed by atoms with Crippen LogP contribution in [0.5, 0.6) is 0 Å². The van der Waals surface area contributed by atoms with E-state index in [4.69, 9.17) is 5.11 Å². The Labute approximate surface area is 534 Å². The first-order valence-electron chi connectivity index (χ1n) is 30.5. The Morgan fingerprint density at radius 2 is 1.49 bits per heavy atom. The number of piperidine rings is 1. The Hall–Kier alpha value is -6.31. The van der Waals surface area contributed by atoms with Gasteiger partial charge in [0.15, 0.2) is 6.54 Å². The maximum atomic E-state index is 13.4. The van der Waals surface area contributed by atoms with Gasteiger partial charge in [-0.25, -0.2) is 34.5 Å². The number of aromatic nitrogens is 2. The number of nitrogens with zero attached hydrogens (tertiary/aromatic N) is 6. The van der Waals surface area contributed by atoms with E-state index in [0.29, 0.717) is 37.4 Å². The Bertz CT molecular complexity index is 4180. The van der Waals surface area contributed by atoms with Crippen molar-refractivity contribution in [2.24, 2.45) is 0 Å². The molecule has 0 aliphatic carbocycles. The number of aryl methyl sites for hydroxylation is 2. The minimum Gasteiger partial charge on any atom is -0.748 e. The Kier molecular flexibility index (Phi) is 21.5. The summed E-state index contributed by atoms with van der Waals surface area (Å²) in [5, 5.41) is 12.1. The Morgan fingerprint density at radius 3 is 2.20 bits per heavy atom. The van der Waals surface area contributed by atoms with E-state index in [1.54, 1.807) is 40.3 Å². The number of sulfonamides is 2. The van der Waals surface area contributed by atoms with Crippen LogP contribution in [0.25, 0.3) is 39.0 Å². The van der Waals surface area contributed by atoms with Crippen molar-refractivity contribution in [3.63, 3.8) is 0 Å². The van der Waals surface area contributed by atoms with Crippen LogP contribution < -0.4 is 28.7 Å². The molecule has 22 heteroatoms. The number of hydrogen-bond acceptors (Lipinski definition) is 12. The number of rotatable bonds is 23. The predicted octanol–water partition coefficient (Wildman–Crippen LogP) is 8.54. The summed E-state index contributed by atoms with van der Waals surface area (Å²) in [5.74, 6) is -0.00581. The van der Waals surface area contributed by atoms with E-state index in [9.17, 15) is 34.6 Å². The molecule has 7 aromatic rings. The fourth-order valence-electron chi connectivity index (χ4n) is 11.8. The number of quaternary nitrogens is 2. The third-order valence-electron chi connectivity index (χ3n) is 16.8. The molecule has 1 unspecified atom stereocenters. The van der Waals surface area contributed by atoms with Crippen molar-refractivity contribution in [3.8, 4) is 5.69 Å². The lowest BCUT2D eigenvalue weighted by atomic mass is 9.83. The summed E-state index contributed by atoms with van der Waals surface area (Å²) in [7, 11) is 0.258. The molecule has 3 aliphatic heterocycles. The summed E-state index contributed by atoms with van der Waals surface area (Å²) in [6, 6.07) is 38.6. The molecule has 0 amide bonds. The van der Waals surface area contributed by atoms with Gasteiger partial charge in [0.25, 0.3) is 5.01 Å². The number of benzene rings is 5. The van der Waals surface area contributed by atoms with Crippen molar-refractivity contribution in [1.29, 1.82) is 0 Å². The summed E-state index contributed by atoms with van der Waals surface area (Å²) >= 11 is 3.09. The summed E-state index contributed by atoms with van der Waals surface area (Å²) in [6.45, 7) is 11.0. The maximum Gasteiger partial charge on any atom is 0.374 e. The number of carbonyl (C=O) groups is 1. The first-order chi connectivity index (χ1) is 42.3. The molecule has 5 heterocycles. The highest BCUT2D eigenvalue weighted by Crippen LogP contribution is 2.49. The van der Waals surface area contributed by atoms with Gasteiger partial charge in [-0.1, -0.05) is 104 Å². The quantitative estimate of drug-likeness (QED) is 0.0315. The van der Waals surface area contributed by atoms with Crippen LogP contribution in [0.1, 0.15) is 93.3 Å². The van der Waals surface area contributed by atoms with Gasteiger partial charge in [0.05, 0.1) is 63.2 Å². The van der Waals surface area contributed by atoms with E-state index in [2.05, 4.69) is 154 Å². The average molecular weight is 1310 g/mol. The Balaban J connectivity index is 0.000000212. The molecular formula is C67H85N8O9S5+3. The second-order valence-corrected chi connectivity index (χ2v) is 32.0. The standard InChI is InChI=1S/C34H40N5O2S2.C33H43N3O7S3/c1-35(2)21-22-36(3)33-23-26(29-15-9-10-16-30(29)39(33)27-13-7-5-8-14-27)24-34-37(4)31-18-17-28(25-32(31)42-34)43(40,41)38-19-11-6-12-20-38;1-24-15-17-27-26(22-24)33(2,3)30(35(27)19-8-6-7-14-32(37)38)12-11-13-31-36(20-9-10-21-45(39,40)41)28-18-16-25(23-29(28)44-31)46(42,43)34(4)5/h5,7-10,13-18,23-25H,6,11-12,19-22H2,1-4H3;11-13,15-18,22-23H,6-10,14,19-21H2,1-5H3,(H-,37,38,39,40,41)/q+1;/p+2. The van der Waals surface area contributed by atoms with E-state index in [1.807, 2.05) is 28.9 Å². The van der Waals surface area contributed by atoms with Crippen molar-refractivity contribution in [2.45, 2.75) is 105 Å². The predicted molar refractivity (Wildman–Crippen MR) is 357 cm³/mol. The van der Waals surface area contributed by atoms with E-state index < -0.39 is 41.9 Å². The molecule has 1 atom stereocenters. The maximum absolute atomic E-state index is 13.4. The van der Waals surface area contributed by atoms with Gasteiger partial charge >= 0.3 is 11.8 Å². The normalized spacial score (nSPS) is 16.7. The fraction of sp³-hybridized carbons (Fsp3) is 0.388. The van der Waals surface area contributed by atoms with E-state index in [-0.39, 0.29) is 23.2 Å². The molecule has 89 heavy (non-hydrogen) atoms. The van der Waals surface area contributed by atoms with E-state index >= 15 is 0 Å². The molecule has 2 aromatic heterocycles. The number of nitrogens with one attached hydrogen (secondary N) is 2. The van der Waals surface area contributed by atoms with Crippen LogP contribution in [0.4, 0.5) is 17.2 Å². The highest BCUT2D eigenvalue weighted by Gasteiger charge is 2.40. The van der Waals surface area contributed by atoms with Crippen molar-refractivity contribution in [3.05, 3.63) is 160 Å². The highest BCUT2D eigenvalue weighted by atomic mass is 32.2. The molecule has 0 bridgehead atoms. The molecule has 0 saturated carbocycles. The molecule has 3 aliphatic rings.